The molecule has 1 unspecified atom stereocenters. The fourth-order valence-corrected chi connectivity index (χ4v) is 2.87. The summed E-state index contributed by atoms with van der Waals surface area (Å²) in [6, 6.07) is 14.8. The van der Waals surface area contributed by atoms with Crippen LogP contribution in [-0.2, 0) is 0 Å². The van der Waals surface area contributed by atoms with Crippen molar-refractivity contribution in [3.8, 4) is 5.75 Å². The Bertz CT molecular complexity index is 589. The Morgan fingerprint density at radius 1 is 1.19 bits per heavy atom. The average Bonchev–Trinajstić information content (AvgIpc) is 2.43. The second-order valence-corrected chi connectivity index (χ2v) is 5.97. The number of hydrogen-bond acceptors (Lipinski definition) is 3. The van der Waals surface area contributed by atoms with Crippen molar-refractivity contribution in [3.63, 3.8) is 0 Å². The highest BCUT2D eigenvalue weighted by Crippen LogP contribution is 2.26. The number of fused-ring (bicyclic) bond motifs is 1. The van der Waals surface area contributed by atoms with Gasteiger partial charge >= 0.3 is 0 Å². The summed E-state index contributed by atoms with van der Waals surface area (Å²) in [5.41, 5.74) is 0. The van der Waals surface area contributed by atoms with Gasteiger partial charge < -0.3 is 14.7 Å². The number of likely N-dealkylation sites (N-methyl/N-ethyl adjacent to an activating group) is 1. The van der Waals surface area contributed by atoms with Crippen LogP contribution in [-0.4, -0.2) is 42.4 Å². The lowest BCUT2D eigenvalue weighted by atomic mass is 9.92. The minimum Gasteiger partial charge on any atom is -0.490 e. The minimum atomic E-state index is -0.449. The molecule has 1 fully saturated rings. The predicted octanol–water partition coefficient (Wildman–Crippen LogP) is 3.06. The standard InChI is InChI=1S/C18H23NO2/c1-19(15-8-5-9-15)12-16(20)13-21-18-11-4-7-14-6-2-3-10-17(14)18/h2-4,6-7,10-11,15-16,20H,5,8-9,12-13H2,1H3. The molecule has 1 N–H and O–H groups in total. The summed E-state index contributed by atoms with van der Waals surface area (Å²) in [5, 5.41) is 12.4. The highest BCUT2D eigenvalue weighted by atomic mass is 16.5. The zero-order valence-electron chi connectivity index (χ0n) is 12.5. The molecule has 3 nitrogen and oxygen atoms in total. The van der Waals surface area contributed by atoms with Gasteiger partial charge in [-0.2, -0.15) is 0 Å². The van der Waals surface area contributed by atoms with Crippen LogP contribution in [0.5, 0.6) is 5.75 Å². The van der Waals surface area contributed by atoms with Crippen LogP contribution in [0.4, 0.5) is 0 Å². The molecule has 0 amide bonds. The number of benzene rings is 2. The Hall–Kier alpha value is -1.58. The van der Waals surface area contributed by atoms with Gasteiger partial charge in [-0.3, -0.25) is 0 Å². The average molecular weight is 285 g/mol. The minimum absolute atomic E-state index is 0.338. The molecule has 1 atom stereocenters. The summed E-state index contributed by atoms with van der Waals surface area (Å²) >= 11 is 0. The third-order valence-corrected chi connectivity index (χ3v) is 4.38. The van der Waals surface area contributed by atoms with Gasteiger partial charge in [0, 0.05) is 18.0 Å². The largest absolute Gasteiger partial charge is 0.490 e. The fraction of sp³-hybridized carbons (Fsp3) is 0.444. The summed E-state index contributed by atoms with van der Waals surface area (Å²) in [4.78, 5) is 2.25. The molecule has 2 aromatic rings. The summed E-state index contributed by atoms with van der Waals surface area (Å²) in [7, 11) is 2.09. The van der Waals surface area contributed by atoms with Gasteiger partial charge in [0.2, 0.25) is 0 Å². The van der Waals surface area contributed by atoms with E-state index in [4.69, 9.17) is 4.74 Å². The van der Waals surface area contributed by atoms with Crippen molar-refractivity contribution in [2.45, 2.75) is 31.4 Å². The van der Waals surface area contributed by atoms with E-state index in [1.54, 1.807) is 0 Å². The molecule has 1 aliphatic carbocycles. The summed E-state index contributed by atoms with van der Waals surface area (Å²) in [5.74, 6) is 0.846. The van der Waals surface area contributed by atoms with Crippen molar-refractivity contribution >= 4 is 10.8 Å². The van der Waals surface area contributed by atoms with E-state index in [1.165, 1.54) is 19.3 Å². The molecule has 0 spiro atoms. The van der Waals surface area contributed by atoms with Crippen LogP contribution < -0.4 is 4.74 Å². The van der Waals surface area contributed by atoms with E-state index in [9.17, 15) is 5.11 Å². The topological polar surface area (TPSA) is 32.7 Å². The smallest absolute Gasteiger partial charge is 0.127 e. The monoisotopic (exact) mass is 285 g/mol. The molecular formula is C18H23NO2. The Morgan fingerprint density at radius 3 is 2.71 bits per heavy atom. The van der Waals surface area contributed by atoms with Crippen molar-refractivity contribution in [3.05, 3.63) is 42.5 Å². The highest BCUT2D eigenvalue weighted by molar-refractivity contribution is 5.88. The Labute approximate surface area is 126 Å². The van der Waals surface area contributed by atoms with Gasteiger partial charge in [0.1, 0.15) is 18.5 Å². The number of aliphatic hydroxyl groups excluding tert-OH is 1. The van der Waals surface area contributed by atoms with Gasteiger partial charge in [-0.15, -0.1) is 0 Å². The molecule has 0 saturated heterocycles. The Kier molecular flexibility index (Phi) is 4.42. The summed E-state index contributed by atoms with van der Waals surface area (Å²) < 4.78 is 5.84. The molecule has 2 aromatic carbocycles. The molecular weight excluding hydrogens is 262 g/mol. The SMILES string of the molecule is CN(CC(O)COc1cccc2ccccc12)C1CCC1. The van der Waals surface area contributed by atoms with Crippen LogP contribution in [0.2, 0.25) is 0 Å². The fourth-order valence-electron chi connectivity index (χ4n) is 2.87. The molecule has 0 aliphatic heterocycles. The molecule has 21 heavy (non-hydrogen) atoms. The van der Waals surface area contributed by atoms with Gasteiger partial charge in [-0.05, 0) is 31.3 Å². The van der Waals surface area contributed by atoms with Crippen LogP contribution >= 0.6 is 0 Å². The predicted molar refractivity (Wildman–Crippen MR) is 85.7 cm³/mol. The number of hydrogen-bond donors (Lipinski definition) is 1. The lowest BCUT2D eigenvalue weighted by Gasteiger charge is -2.35. The van der Waals surface area contributed by atoms with Gasteiger partial charge in [0.15, 0.2) is 0 Å². The number of ether oxygens (including phenoxy) is 1. The van der Waals surface area contributed by atoms with Crippen LogP contribution in [0, 0.1) is 0 Å². The molecule has 0 bridgehead atoms. The van der Waals surface area contributed by atoms with E-state index in [0.717, 1.165) is 16.5 Å². The molecule has 1 saturated carbocycles. The highest BCUT2D eigenvalue weighted by Gasteiger charge is 2.23. The number of nitrogens with zero attached hydrogens (tertiary/aromatic N) is 1. The molecule has 0 heterocycles. The summed E-state index contributed by atoms with van der Waals surface area (Å²) in [6.07, 6.45) is 3.38. The van der Waals surface area contributed by atoms with E-state index in [2.05, 4.69) is 30.1 Å². The van der Waals surface area contributed by atoms with Crippen molar-refractivity contribution < 1.29 is 9.84 Å². The van der Waals surface area contributed by atoms with Crippen molar-refractivity contribution in [1.29, 1.82) is 0 Å². The van der Waals surface area contributed by atoms with E-state index in [0.29, 0.717) is 19.2 Å². The second-order valence-electron chi connectivity index (χ2n) is 5.97. The zero-order valence-corrected chi connectivity index (χ0v) is 12.5. The first kappa shape index (κ1) is 14.4. The van der Waals surface area contributed by atoms with Crippen LogP contribution in [0.25, 0.3) is 10.8 Å². The number of aliphatic hydroxyl groups is 1. The van der Waals surface area contributed by atoms with Crippen LogP contribution in [0.3, 0.4) is 0 Å². The van der Waals surface area contributed by atoms with E-state index >= 15 is 0 Å². The van der Waals surface area contributed by atoms with Crippen LogP contribution in [0.1, 0.15) is 19.3 Å². The van der Waals surface area contributed by atoms with E-state index < -0.39 is 6.10 Å². The van der Waals surface area contributed by atoms with E-state index in [-0.39, 0.29) is 0 Å². The normalized spacial score (nSPS) is 16.9. The maximum absolute atomic E-state index is 10.2. The van der Waals surface area contributed by atoms with Gasteiger partial charge in [-0.25, -0.2) is 0 Å². The molecule has 0 aromatic heterocycles. The molecule has 0 radical (unpaired) electrons. The summed E-state index contributed by atoms with van der Waals surface area (Å²) in [6.45, 7) is 1.01. The molecule has 3 heteroatoms. The zero-order chi connectivity index (χ0) is 14.7. The Morgan fingerprint density at radius 2 is 1.95 bits per heavy atom. The van der Waals surface area contributed by atoms with Gasteiger partial charge in [0.05, 0.1) is 0 Å². The molecule has 1 aliphatic rings. The maximum Gasteiger partial charge on any atom is 0.127 e. The van der Waals surface area contributed by atoms with Crippen LogP contribution in [0.15, 0.2) is 42.5 Å². The Balaban J connectivity index is 1.58. The third-order valence-electron chi connectivity index (χ3n) is 4.38. The van der Waals surface area contributed by atoms with Gasteiger partial charge in [-0.1, -0.05) is 42.8 Å². The van der Waals surface area contributed by atoms with Crippen molar-refractivity contribution in [1.82, 2.24) is 4.90 Å². The molecule has 112 valence electrons. The van der Waals surface area contributed by atoms with E-state index in [1.807, 2.05) is 24.3 Å². The maximum atomic E-state index is 10.2. The first-order chi connectivity index (χ1) is 10.2. The quantitative estimate of drug-likeness (QED) is 0.885. The first-order valence-electron chi connectivity index (χ1n) is 7.73. The lowest BCUT2D eigenvalue weighted by molar-refractivity contribution is 0.0480. The van der Waals surface area contributed by atoms with Crippen molar-refractivity contribution in [2.75, 3.05) is 20.2 Å². The first-order valence-corrected chi connectivity index (χ1v) is 7.73. The lowest BCUT2D eigenvalue weighted by Crippen LogP contribution is -2.42. The van der Waals surface area contributed by atoms with Gasteiger partial charge in [0.25, 0.3) is 0 Å². The number of rotatable bonds is 6. The van der Waals surface area contributed by atoms with Crippen molar-refractivity contribution in [2.24, 2.45) is 0 Å². The second kappa shape index (κ2) is 6.46. The molecule has 3 rings (SSSR count). The third kappa shape index (κ3) is 3.36.